The highest BCUT2D eigenvalue weighted by Crippen LogP contribution is 2.29. The Morgan fingerprint density at radius 2 is 1.93 bits per heavy atom. The molecule has 3 rings (SSSR count). The van der Waals surface area contributed by atoms with Gasteiger partial charge < -0.3 is 15.0 Å². The second-order valence-electron chi connectivity index (χ2n) is 6.77. The smallest absolute Gasteiger partial charge is 0.410 e. The van der Waals surface area contributed by atoms with Crippen molar-refractivity contribution in [3.8, 4) is 0 Å². The number of nitro benzene ring substituents is 1. The van der Waals surface area contributed by atoms with Crippen molar-refractivity contribution in [1.29, 1.82) is 0 Å². The fourth-order valence-electron chi connectivity index (χ4n) is 3.19. The quantitative estimate of drug-likeness (QED) is 0.506. The number of hydrogen-bond acceptors (Lipinski definition) is 5. The first kappa shape index (κ1) is 20.1. The lowest BCUT2D eigenvalue weighted by molar-refractivity contribution is -0.384. The van der Waals surface area contributed by atoms with Crippen LogP contribution in [0.3, 0.4) is 0 Å². The Morgan fingerprint density at radius 3 is 2.61 bits per heavy atom. The van der Waals surface area contributed by atoms with Gasteiger partial charge in [0.15, 0.2) is 0 Å². The van der Waals surface area contributed by atoms with E-state index in [2.05, 4.69) is 21.2 Å². The Morgan fingerprint density at radius 1 is 1.21 bits per heavy atom. The third-order valence-electron chi connectivity index (χ3n) is 4.82. The topological polar surface area (TPSA) is 84.7 Å². The summed E-state index contributed by atoms with van der Waals surface area (Å²) in [5, 5.41) is 14.4. The molecule has 8 heteroatoms. The summed E-state index contributed by atoms with van der Waals surface area (Å²) in [4.78, 5) is 24.7. The fraction of sp³-hybridized carbons (Fsp3) is 0.350. The number of ether oxygens (including phenoxy) is 1. The predicted octanol–water partition coefficient (Wildman–Crippen LogP) is 4.82. The van der Waals surface area contributed by atoms with Crippen molar-refractivity contribution in [3.63, 3.8) is 0 Å². The number of hydrogen-bond donors (Lipinski definition) is 1. The Kier molecular flexibility index (Phi) is 6.86. The third-order valence-corrected chi connectivity index (χ3v) is 5.31. The van der Waals surface area contributed by atoms with Crippen molar-refractivity contribution in [3.05, 3.63) is 68.7 Å². The minimum Gasteiger partial charge on any atom is -0.445 e. The van der Waals surface area contributed by atoms with Gasteiger partial charge in [0.25, 0.3) is 5.69 Å². The van der Waals surface area contributed by atoms with Gasteiger partial charge in [0, 0.05) is 30.2 Å². The number of nitrogens with zero attached hydrogens (tertiary/aromatic N) is 2. The van der Waals surface area contributed by atoms with Crippen molar-refractivity contribution in [2.75, 3.05) is 25.0 Å². The van der Waals surface area contributed by atoms with Crippen LogP contribution in [0.15, 0.2) is 53.0 Å². The Hall–Kier alpha value is -2.61. The molecular formula is C20H22BrN3O4. The summed E-state index contributed by atoms with van der Waals surface area (Å²) in [7, 11) is 0. The Balaban J connectivity index is 1.44. The number of carbonyl (C=O) groups is 1. The standard InChI is InChI=1S/C20H22BrN3O4/c21-17-6-7-18(19(12-17)24(26)27)22-13-15-8-10-23(11-9-15)20(25)28-14-16-4-2-1-3-5-16/h1-7,12,15,22H,8-11,13-14H2. The molecule has 0 bridgehead atoms. The number of rotatable bonds is 6. The van der Waals surface area contributed by atoms with Gasteiger partial charge in [-0.25, -0.2) is 4.79 Å². The summed E-state index contributed by atoms with van der Waals surface area (Å²) < 4.78 is 6.05. The largest absolute Gasteiger partial charge is 0.445 e. The summed E-state index contributed by atoms with van der Waals surface area (Å²) in [6.07, 6.45) is 1.37. The molecule has 2 aromatic rings. The van der Waals surface area contributed by atoms with Crippen molar-refractivity contribution in [2.45, 2.75) is 19.4 Å². The third kappa shape index (κ3) is 5.45. The van der Waals surface area contributed by atoms with E-state index in [0.717, 1.165) is 18.4 Å². The van der Waals surface area contributed by atoms with Crippen LogP contribution in [0.4, 0.5) is 16.2 Å². The number of carbonyl (C=O) groups excluding carboxylic acids is 1. The lowest BCUT2D eigenvalue weighted by Crippen LogP contribution is -2.40. The van der Waals surface area contributed by atoms with Crippen molar-refractivity contribution in [2.24, 2.45) is 5.92 Å². The molecule has 1 aliphatic heterocycles. The molecule has 1 fully saturated rings. The summed E-state index contributed by atoms with van der Waals surface area (Å²) >= 11 is 3.26. The normalized spacial score (nSPS) is 14.5. The maximum Gasteiger partial charge on any atom is 0.410 e. The number of benzene rings is 2. The maximum absolute atomic E-state index is 12.2. The van der Waals surface area contributed by atoms with Gasteiger partial charge in [-0.3, -0.25) is 10.1 Å². The first-order chi connectivity index (χ1) is 13.5. The molecule has 1 heterocycles. The lowest BCUT2D eigenvalue weighted by Gasteiger charge is -2.31. The molecule has 0 unspecified atom stereocenters. The van der Waals surface area contributed by atoms with E-state index >= 15 is 0 Å². The Labute approximate surface area is 172 Å². The molecule has 7 nitrogen and oxygen atoms in total. The second kappa shape index (κ2) is 9.54. The number of amides is 1. The van der Waals surface area contributed by atoms with Gasteiger partial charge in [-0.05, 0) is 36.5 Å². The summed E-state index contributed by atoms with van der Waals surface area (Å²) in [6.45, 7) is 2.16. The summed E-state index contributed by atoms with van der Waals surface area (Å²) in [6, 6.07) is 14.6. The molecule has 0 spiro atoms. The van der Waals surface area contributed by atoms with Crippen LogP contribution in [0, 0.1) is 16.0 Å². The zero-order valence-electron chi connectivity index (χ0n) is 15.3. The van der Waals surface area contributed by atoms with Gasteiger partial charge in [0.05, 0.1) is 4.92 Å². The molecule has 0 aromatic heterocycles. The number of halogens is 1. The van der Waals surface area contributed by atoms with Gasteiger partial charge in [0.1, 0.15) is 12.3 Å². The number of likely N-dealkylation sites (tertiary alicyclic amines) is 1. The zero-order chi connectivity index (χ0) is 19.9. The highest BCUT2D eigenvalue weighted by Gasteiger charge is 2.24. The average Bonchev–Trinajstić information content (AvgIpc) is 2.72. The molecule has 1 saturated heterocycles. The molecule has 148 valence electrons. The van der Waals surface area contributed by atoms with Crippen LogP contribution in [-0.2, 0) is 11.3 Å². The van der Waals surface area contributed by atoms with Gasteiger partial charge in [0.2, 0.25) is 0 Å². The van der Waals surface area contributed by atoms with E-state index in [9.17, 15) is 14.9 Å². The summed E-state index contributed by atoms with van der Waals surface area (Å²) in [5.41, 5.74) is 1.53. The molecule has 1 amide bonds. The molecule has 1 aliphatic rings. The molecular weight excluding hydrogens is 426 g/mol. The molecule has 0 radical (unpaired) electrons. The van der Waals surface area contributed by atoms with Crippen LogP contribution in [0.1, 0.15) is 18.4 Å². The van der Waals surface area contributed by atoms with Gasteiger partial charge in [-0.15, -0.1) is 0 Å². The average molecular weight is 448 g/mol. The molecule has 28 heavy (non-hydrogen) atoms. The van der Waals surface area contributed by atoms with Crippen LogP contribution >= 0.6 is 15.9 Å². The zero-order valence-corrected chi connectivity index (χ0v) is 16.9. The van der Waals surface area contributed by atoms with Crippen LogP contribution in [-0.4, -0.2) is 35.6 Å². The highest BCUT2D eigenvalue weighted by atomic mass is 79.9. The van der Waals surface area contributed by atoms with E-state index < -0.39 is 4.92 Å². The van der Waals surface area contributed by atoms with E-state index in [1.54, 1.807) is 17.0 Å². The van der Waals surface area contributed by atoms with Gasteiger partial charge >= 0.3 is 6.09 Å². The fourth-order valence-corrected chi connectivity index (χ4v) is 3.54. The number of nitrogens with one attached hydrogen (secondary N) is 1. The highest BCUT2D eigenvalue weighted by molar-refractivity contribution is 9.10. The first-order valence-corrected chi connectivity index (χ1v) is 9.95. The van der Waals surface area contributed by atoms with Crippen molar-refractivity contribution < 1.29 is 14.5 Å². The van der Waals surface area contributed by atoms with E-state index in [4.69, 9.17) is 4.74 Å². The van der Waals surface area contributed by atoms with E-state index in [1.165, 1.54) is 6.07 Å². The maximum atomic E-state index is 12.2. The van der Waals surface area contributed by atoms with Crippen LogP contribution in [0.5, 0.6) is 0 Å². The minimum absolute atomic E-state index is 0.0521. The van der Waals surface area contributed by atoms with Crippen LogP contribution in [0.25, 0.3) is 0 Å². The molecule has 2 aromatic carbocycles. The van der Waals surface area contributed by atoms with Crippen molar-refractivity contribution in [1.82, 2.24) is 4.90 Å². The van der Waals surface area contributed by atoms with Crippen LogP contribution in [0.2, 0.25) is 0 Å². The SMILES string of the molecule is O=C(OCc1ccccc1)N1CCC(CNc2ccc(Br)cc2[N+](=O)[O-])CC1. The summed E-state index contributed by atoms with van der Waals surface area (Å²) in [5.74, 6) is 0.349. The monoisotopic (exact) mass is 447 g/mol. The molecule has 0 saturated carbocycles. The van der Waals surface area contributed by atoms with E-state index in [0.29, 0.717) is 35.7 Å². The molecule has 0 aliphatic carbocycles. The van der Waals surface area contributed by atoms with Crippen molar-refractivity contribution >= 4 is 33.4 Å². The number of anilines is 1. The second-order valence-corrected chi connectivity index (χ2v) is 7.69. The predicted molar refractivity (Wildman–Crippen MR) is 110 cm³/mol. The number of piperidine rings is 1. The van der Waals surface area contributed by atoms with Gasteiger partial charge in [-0.1, -0.05) is 46.3 Å². The van der Waals surface area contributed by atoms with Gasteiger partial charge in [-0.2, -0.15) is 0 Å². The number of nitro groups is 1. The molecule has 0 atom stereocenters. The van der Waals surface area contributed by atoms with Crippen LogP contribution < -0.4 is 5.32 Å². The Bertz CT molecular complexity index is 823. The first-order valence-electron chi connectivity index (χ1n) is 9.16. The van der Waals surface area contributed by atoms with E-state index in [1.807, 2.05) is 30.3 Å². The minimum atomic E-state index is -0.390. The molecule has 1 N–H and O–H groups in total. The lowest BCUT2D eigenvalue weighted by atomic mass is 9.97. The van der Waals surface area contributed by atoms with E-state index in [-0.39, 0.29) is 18.4 Å².